The summed E-state index contributed by atoms with van der Waals surface area (Å²) in [7, 11) is 0. The zero-order chi connectivity index (χ0) is 36.9. The minimum atomic E-state index is -0.921. The predicted octanol–water partition coefficient (Wildman–Crippen LogP) is 8.44. The summed E-state index contributed by atoms with van der Waals surface area (Å²) in [6, 6.07) is 21.1. The van der Waals surface area contributed by atoms with E-state index in [2.05, 4.69) is 20.9 Å². The number of rotatable bonds is 4. The lowest BCUT2D eigenvalue weighted by atomic mass is 9.94. The Morgan fingerprint density at radius 2 is 1.57 bits per heavy atom. The first-order valence-corrected chi connectivity index (χ1v) is 16.9. The van der Waals surface area contributed by atoms with E-state index in [0.29, 0.717) is 22.1 Å². The maximum absolute atomic E-state index is 13.9. The Kier molecular flexibility index (Phi) is 10.8. The molecule has 0 saturated heterocycles. The minimum absolute atomic E-state index is 0.0338. The first-order chi connectivity index (χ1) is 24.1. The second-order valence-electron chi connectivity index (χ2n) is 14.4. The van der Waals surface area contributed by atoms with E-state index in [-0.39, 0.29) is 30.8 Å². The number of nitrogens with zero attached hydrogens (tertiary/aromatic N) is 2. The number of anilines is 3. The number of amides is 4. The number of nitrogens with one attached hydrogen (secondary N) is 3. The van der Waals surface area contributed by atoms with Crippen LogP contribution in [-0.4, -0.2) is 47.0 Å². The molecule has 51 heavy (non-hydrogen) atoms. The van der Waals surface area contributed by atoms with Gasteiger partial charge in [0.05, 0.1) is 0 Å². The molecule has 6 rings (SSSR count). The highest BCUT2D eigenvalue weighted by atomic mass is 16.6. The van der Waals surface area contributed by atoms with Crippen molar-refractivity contribution in [2.24, 2.45) is 0 Å². The molecule has 2 aliphatic rings. The van der Waals surface area contributed by atoms with E-state index in [0.717, 1.165) is 28.0 Å². The summed E-state index contributed by atoms with van der Waals surface area (Å²) in [6.07, 6.45) is -0.142. The molecule has 2 aliphatic heterocycles. The van der Waals surface area contributed by atoms with Crippen LogP contribution in [0, 0.1) is 0 Å². The van der Waals surface area contributed by atoms with Gasteiger partial charge in [0, 0.05) is 35.4 Å². The molecule has 2 unspecified atom stereocenters. The average molecular weight is 696 g/mol. The Balaban J connectivity index is 1.50. The number of carbonyl (C=O) groups excluding carboxylic acids is 4. The van der Waals surface area contributed by atoms with Gasteiger partial charge in [-0.15, -0.1) is 0 Å². The summed E-state index contributed by atoms with van der Waals surface area (Å²) in [5.74, 6) is -0.252. The molecule has 0 spiro atoms. The number of aromatic nitrogens is 1. The molecule has 0 saturated carbocycles. The van der Waals surface area contributed by atoms with Crippen molar-refractivity contribution < 1.29 is 33.4 Å². The fraction of sp³-hybridized carbons (Fsp3) is 0.359. The number of pyridine rings is 1. The second-order valence-corrected chi connectivity index (χ2v) is 14.4. The summed E-state index contributed by atoms with van der Waals surface area (Å²) in [4.78, 5) is 58.3. The van der Waals surface area contributed by atoms with Crippen molar-refractivity contribution in [1.29, 1.82) is 0 Å². The largest absolute Gasteiger partial charge is 0.449 e. The SMILES string of the molecule is CCC1COC(=O)Nc2cccc(c2)CNC(=O)C(Nc2ccc3c(N(C(=O)OC(C)(C)C)C(=O)OC(C)(C)C)nccc3c2)c2ccc1cc2. The van der Waals surface area contributed by atoms with Crippen LogP contribution in [0.3, 0.4) is 0 Å². The smallest absolute Gasteiger partial charge is 0.425 e. The highest BCUT2D eigenvalue weighted by Crippen LogP contribution is 2.32. The highest BCUT2D eigenvalue weighted by Gasteiger charge is 2.34. The topological polar surface area (TPSA) is 148 Å². The molecule has 4 bridgehead atoms. The van der Waals surface area contributed by atoms with Crippen LogP contribution in [0.15, 0.2) is 79.0 Å². The molecular formula is C39H45N5O7. The fourth-order valence-corrected chi connectivity index (χ4v) is 5.55. The van der Waals surface area contributed by atoms with E-state index in [4.69, 9.17) is 14.2 Å². The Hall–Kier alpha value is -5.65. The minimum Gasteiger partial charge on any atom is -0.449 e. The molecule has 3 N–H and O–H groups in total. The van der Waals surface area contributed by atoms with Gasteiger partial charge in [0.15, 0.2) is 5.82 Å². The number of benzene rings is 3. The first-order valence-electron chi connectivity index (χ1n) is 16.9. The maximum atomic E-state index is 13.9. The van der Waals surface area contributed by atoms with Gasteiger partial charge in [0.2, 0.25) is 5.91 Å². The Morgan fingerprint density at radius 1 is 0.902 bits per heavy atom. The molecule has 0 radical (unpaired) electrons. The van der Waals surface area contributed by atoms with Gasteiger partial charge < -0.3 is 24.8 Å². The molecule has 4 amide bonds. The normalized spacial score (nSPS) is 16.8. The van der Waals surface area contributed by atoms with Crippen LogP contribution in [-0.2, 0) is 25.5 Å². The molecule has 12 heteroatoms. The van der Waals surface area contributed by atoms with Crippen molar-refractivity contribution in [2.75, 3.05) is 22.1 Å². The van der Waals surface area contributed by atoms with Gasteiger partial charge in [-0.1, -0.05) is 43.3 Å². The molecule has 4 aromatic rings. The molecule has 0 aliphatic carbocycles. The lowest BCUT2D eigenvalue weighted by molar-refractivity contribution is -0.122. The van der Waals surface area contributed by atoms with Gasteiger partial charge in [-0.2, -0.15) is 4.90 Å². The summed E-state index contributed by atoms with van der Waals surface area (Å²) >= 11 is 0. The highest BCUT2D eigenvalue weighted by molar-refractivity contribution is 6.14. The average Bonchev–Trinajstić information content (AvgIpc) is 3.05. The fourth-order valence-electron chi connectivity index (χ4n) is 5.55. The summed E-state index contributed by atoms with van der Waals surface area (Å²) in [5.41, 5.74) is 1.91. The monoisotopic (exact) mass is 695 g/mol. The third-order valence-corrected chi connectivity index (χ3v) is 7.97. The van der Waals surface area contributed by atoms with Crippen molar-refractivity contribution in [3.05, 3.63) is 95.7 Å². The van der Waals surface area contributed by atoms with Crippen molar-refractivity contribution >= 4 is 52.2 Å². The number of fused-ring (bicyclic) bond motifs is 10. The standard InChI is InChI=1S/C39H45N5O7/c1-8-25-23-49-35(46)43-29-11-9-10-24(20-29)22-41-34(45)32(27-14-12-26(25)13-15-27)42-30-16-17-31-28(21-30)18-19-40-33(31)44(36(47)50-38(2,3)4)37(48)51-39(5,6)7/h9-21,25,32,42H,8,22-23H2,1-7H3,(H,41,45)(H,43,46). The summed E-state index contributed by atoms with van der Waals surface area (Å²) < 4.78 is 16.7. The van der Waals surface area contributed by atoms with Gasteiger partial charge in [-0.25, -0.2) is 19.4 Å². The zero-order valence-electron chi connectivity index (χ0n) is 30.0. The number of hydrogen-bond acceptors (Lipinski definition) is 9. The van der Waals surface area contributed by atoms with E-state index in [9.17, 15) is 19.2 Å². The number of carbonyl (C=O) groups is 4. The van der Waals surface area contributed by atoms with Crippen molar-refractivity contribution in [3.8, 4) is 0 Å². The van der Waals surface area contributed by atoms with Crippen molar-refractivity contribution in [1.82, 2.24) is 10.3 Å². The van der Waals surface area contributed by atoms with Crippen LogP contribution < -0.4 is 20.9 Å². The second kappa shape index (κ2) is 15.1. The van der Waals surface area contributed by atoms with Crippen molar-refractivity contribution in [3.63, 3.8) is 0 Å². The van der Waals surface area contributed by atoms with E-state index in [1.807, 2.05) is 43.3 Å². The van der Waals surface area contributed by atoms with Crippen LogP contribution in [0.5, 0.6) is 0 Å². The zero-order valence-corrected chi connectivity index (χ0v) is 30.0. The van der Waals surface area contributed by atoms with E-state index >= 15 is 0 Å². The third kappa shape index (κ3) is 9.53. The number of ether oxygens (including phenoxy) is 3. The summed E-state index contributed by atoms with van der Waals surface area (Å²) in [5, 5.41) is 10.3. The van der Waals surface area contributed by atoms with Crippen LogP contribution >= 0.6 is 0 Å². The third-order valence-electron chi connectivity index (χ3n) is 7.97. The molecule has 3 aromatic carbocycles. The van der Waals surface area contributed by atoms with Crippen molar-refractivity contribution in [2.45, 2.75) is 84.6 Å². The van der Waals surface area contributed by atoms with Gasteiger partial charge in [0.25, 0.3) is 0 Å². The van der Waals surface area contributed by atoms with Gasteiger partial charge >= 0.3 is 18.3 Å². The quantitative estimate of drug-likeness (QED) is 0.179. The Bertz CT molecular complexity index is 1890. The molecule has 2 atom stereocenters. The Labute approximate surface area is 297 Å². The molecule has 1 aromatic heterocycles. The molecular weight excluding hydrogens is 650 g/mol. The lowest BCUT2D eigenvalue weighted by Gasteiger charge is -2.28. The van der Waals surface area contributed by atoms with Gasteiger partial charge in [0.1, 0.15) is 23.9 Å². The van der Waals surface area contributed by atoms with Gasteiger partial charge in [-0.05, 0) is 106 Å². The summed E-state index contributed by atoms with van der Waals surface area (Å²) in [6.45, 7) is 12.7. The Morgan fingerprint density at radius 3 is 2.22 bits per heavy atom. The van der Waals surface area contributed by atoms with Crippen LogP contribution in [0.2, 0.25) is 0 Å². The van der Waals surface area contributed by atoms with Gasteiger partial charge in [-0.3, -0.25) is 10.1 Å². The lowest BCUT2D eigenvalue weighted by Crippen LogP contribution is -2.44. The molecule has 0 fully saturated rings. The van der Waals surface area contributed by atoms with E-state index < -0.39 is 35.5 Å². The molecule has 268 valence electrons. The van der Waals surface area contributed by atoms with E-state index in [1.165, 1.54) is 6.20 Å². The molecule has 3 heterocycles. The molecule has 12 nitrogen and oxygen atoms in total. The number of imide groups is 1. The van der Waals surface area contributed by atoms with Crippen LogP contribution in [0.1, 0.15) is 83.5 Å². The number of hydrogen-bond donors (Lipinski definition) is 3. The maximum Gasteiger partial charge on any atom is 0.425 e. The predicted molar refractivity (Wildman–Crippen MR) is 196 cm³/mol. The first kappa shape index (κ1) is 36.6. The van der Waals surface area contributed by atoms with Crippen LogP contribution in [0.25, 0.3) is 10.8 Å². The van der Waals surface area contributed by atoms with Crippen LogP contribution in [0.4, 0.5) is 31.6 Å². The van der Waals surface area contributed by atoms with E-state index in [1.54, 1.807) is 77.9 Å².